The molecule has 0 aliphatic carbocycles. The maximum Gasteiger partial charge on any atom is 1.00 e. The van der Waals surface area contributed by atoms with Crippen LogP contribution in [0.2, 0.25) is 0 Å². The van der Waals surface area contributed by atoms with Gasteiger partial charge in [-0.15, -0.1) is 0 Å². The molecule has 0 aliphatic heterocycles. The Morgan fingerprint density at radius 2 is 0.932 bits per heavy atom. The molecule has 0 fully saturated rings. The van der Waals surface area contributed by atoms with Crippen molar-refractivity contribution in [2.24, 2.45) is 0 Å². The summed E-state index contributed by atoms with van der Waals surface area (Å²) >= 11 is 0. The molecule has 2 heterocycles. The maximum absolute atomic E-state index is 13.2. The summed E-state index contributed by atoms with van der Waals surface area (Å²) in [4.78, 5) is 38.2. The van der Waals surface area contributed by atoms with Crippen LogP contribution >= 0.6 is 0 Å². The molecule has 0 bridgehead atoms. The van der Waals surface area contributed by atoms with Crippen molar-refractivity contribution in [1.29, 1.82) is 0 Å². The number of hydrogen-bond donors (Lipinski definition) is 2. The Morgan fingerprint density at radius 3 is 1.23 bits per heavy atom. The van der Waals surface area contributed by atoms with E-state index in [9.17, 15) is 35.9 Å². The predicted molar refractivity (Wildman–Crippen MR) is 249 cm³/mol. The molecule has 384 valence electrons. The minimum Gasteiger partial charge on any atom is -0.652 e. The third-order valence-electron chi connectivity index (χ3n) is 10.6. The summed E-state index contributed by atoms with van der Waals surface area (Å²) in [5.41, 5.74) is 3.62. The number of pyridine rings is 2. The van der Waals surface area contributed by atoms with E-state index in [2.05, 4.69) is 9.97 Å². The van der Waals surface area contributed by atoms with E-state index in [0.717, 1.165) is 46.5 Å². The predicted octanol–water partition coefficient (Wildman–Crippen LogP) is 4.22. The van der Waals surface area contributed by atoms with Gasteiger partial charge in [-0.05, 0) is 154 Å². The van der Waals surface area contributed by atoms with Crippen LogP contribution in [-0.2, 0) is 34.8 Å². The number of hydrogen-bond acceptors (Lipinski definition) is 11. The van der Waals surface area contributed by atoms with Crippen molar-refractivity contribution >= 4 is 18.1 Å². The second-order valence-electron chi connectivity index (χ2n) is 16.2. The monoisotopic (exact) mass is 1270 g/mol. The van der Waals surface area contributed by atoms with Crippen molar-refractivity contribution in [2.75, 3.05) is 13.2 Å². The van der Waals surface area contributed by atoms with Gasteiger partial charge >= 0.3 is 162 Å². The molecular weight excluding hydrogens is 1220 g/mol. The molecule has 6 rings (SSSR count). The number of carbonyl (C=O) groups is 3. The minimum atomic E-state index is -4.47. The first kappa shape index (κ1) is 66.4. The molecule has 0 spiro atoms. The third-order valence-corrected chi connectivity index (χ3v) is 10.6. The SMILES string of the molecule is Cc1cc(OCCC(C)Oc2ccc(C(F)(F)F)cc2-c2ccccn2)ccc1CCC(=O)O.Cc1cc(OCCC(C)Oc2ccc(C(F)(F)F)cc2-c2ccccn2)ccc1CCC(=O)O.O=C([O-])[O-].[Cs+].[Cs+]. The number of benzene rings is 4. The molecule has 2 aromatic heterocycles. The van der Waals surface area contributed by atoms with E-state index in [4.69, 9.17) is 44.2 Å². The number of carboxylic acid groups (broad SMARTS) is 4. The maximum atomic E-state index is 13.2. The van der Waals surface area contributed by atoms with Crippen LogP contribution < -0.4 is 167 Å². The molecule has 4 aromatic carbocycles. The second kappa shape index (κ2) is 32.8. The van der Waals surface area contributed by atoms with Gasteiger partial charge in [0.15, 0.2) is 0 Å². The number of ether oxygens (including phenoxy) is 4. The molecule has 2 atom stereocenters. The number of carbonyl (C=O) groups excluding carboxylic acids is 1. The van der Waals surface area contributed by atoms with Crippen molar-refractivity contribution in [3.8, 4) is 45.5 Å². The number of aliphatic carboxylic acids is 2. The number of nitrogens with zero attached hydrogens (tertiary/aromatic N) is 2. The Hall–Kier alpha value is -3.73. The number of halogens is 6. The largest absolute Gasteiger partial charge is 1.00 e. The molecule has 13 nitrogen and oxygen atoms in total. The molecule has 6 aromatic rings. The Morgan fingerprint density at radius 1 is 0.568 bits per heavy atom. The van der Waals surface area contributed by atoms with Gasteiger partial charge < -0.3 is 44.2 Å². The Balaban J connectivity index is 0.000000461. The van der Waals surface area contributed by atoms with E-state index in [1.54, 1.807) is 48.5 Å². The molecule has 0 saturated heterocycles. The van der Waals surface area contributed by atoms with Crippen LogP contribution in [0, 0.1) is 13.8 Å². The third kappa shape index (κ3) is 23.7. The second-order valence-corrected chi connectivity index (χ2v) is 16.2. The molecule has 0 saturated carbocycles. The zero-order valence-corrected chi connectivity index (χ0v) is 54.1. The number of aromatic nitrogens is 2. The number of carboxylic acids is 2. The topological polar surface area (TPSA) is 200 Å². The smallest absolute Gasteiger partial charge is 0.652 e. The van der Waals surface area contributed by atoms with Gasteiger partial charge in [-0.3, -0.25) is 19.6 Å². The zero-order valence-electron chi connectivity index (χ0n) is 41.6. The van der Waals surface area contributed by atoms with Crippen LogP contribution in [0.5, 0.6) is 23.0 Å². The minimum absolute atomic E-state index is 0. The fourth-order valence-corrected chi connectivity index (χ4v) is 6.86. The normalized spacial score (nSPS) is 11.6. The van der Waals surface area contributed by atoms with Crippen molar-refractivity contribution < 1.29 is 218 Å². The van der Waals surface area contributed by atoms with Crippen molar-refractivity contribution in [1.82, 2.24) is 9.97 Å². The van der Waals surface area contributed by atoms with Crippen LogP contribution in [0.25, 0.3) is 22.5 Å². The average Bonchev–Trinajstić information content (AvgIpc) is 3.31. The van der Waals surface area contributed by atoms with Crippen molar-refractivity contribution in [3.05, 3.63) is 155 Å². The first-order valence-electron chi connectivity index (χ1n) is 22.3. The average molecular weight is 1270 g/mol. The summed E-state index contributed by atoms with van der Waals surface area (Å²) in [5.74, 6) is 0.275. The Bertz CT molecular complexity index is 2530. The summed E-state index contributed by atoms with van der Waals surface area (Å²) in [6.45, 7) is 8.13. The van der Waals surface area contributed by atoms with E-state index >= 15 is 0 Å². The van der Waals surface area contributed by atoms with E-state index in [0.29, 0.717) is 73.3 Å². The molecule has 2 unspecified atom stereocenters. The van der Waals surface area contributed by atoms with Gasteiger partial charge in [0, 0.05) is 49.2 Å². The van der Waals surface area contributed by atoms with Gasteiger partial charge in [0.05, 0.1) is 47.9 Å². The summed E-state index contributed by atoms with van der Waals surface area (Å²) in [6, 6.07) is 27.8. The van der Waals surface area contributed by atoms with Crippen LogP contribution in [-0.4, -0.2) is 63.7 Å². The van der Waals surface area contributed by atoms with Crippen LogP contribution in [0.4, 0.5) is 31.1 Å². The molecule has 21 heteroatoms. The molecular formula is C53H52Cs2F6N2O11. The number of alkyl halides is 6. The fourth-order valence-electron chi connectivity index (χ4n) is 6.86. The van der Waals surface area contributed by atoms with Crippen molar-refractivity contribution in [2.45, 2.75) is 90.8 Å². The van der Waals surface area contributed by atoms with E-state index in [1.165, 1.54) is 24.5 Å². The molecule has 2 N–H and O–H groups in total. The Kier molecular flexibility index (Phi) is 29.4. The molecule has 0 aliphatic rings. The summed E-state index contributed by atoms with van der Waals surface area (Å²) in [7, 11) is 0. The van der Waals surface area contributed by atoms with Gasteiger partial charge in [-0.25, -0.2) is 0 Å². The first-order chi connectivity index (χ1) is 34.0. The number of aryl methyl sites for hydroxylation is 4. The summed E-state index contributed by atoms with van der Waals surface area (Å²) in [6.07, 6.45) is -6.82. The van der Waals surface area contributed by atoms with Gasteiger partial charge in [0.25, 0.3) is 0 Å². The summed E-state index contributed by atoms with van der Waals surface area (Å²) in [5, 5.41) is 34.3. The fraction of sp³-hybridized carbons (Fsp3) is 0.302. The van der Waals surface area contributed by atoms with Crippen LogP contribution in [0.15, 0.2) is 122 Å². The van der Waals surface area contributed by atoms with Crippen LogP contribution in [0.1, 0.15) is 72.9 Å². The van der Waals surface area contributed by atoms with Gasteiger partial charge in [-0.2, -0.15) is 26.3 Å². The van der Waals surface area contributed by atoms with E-state index in [-0.39, 0.29) is 174 Å². The number of rotatable bonds is 20. The molecule has 74 heavy (non-hydrogen) atoms. The van der Waals surface area contributed by atoms with Crippen molar-refractivity contribution in [3.63, 3.8) is 0 Å². The first-order valence-corrected chi connectivity index (χ1v) is 22.3. The molecule has 0 amide bonds. The van der Waals surface area contributed by atoms with Crippen LogP contribution in [0.3, 0.4) is 0 Å². The van der Waals surface area contributed by atoms with E-state index in [1.807, 2.05) is 52.0 Å². The van der Waals surface area contributed by atoms with E-state index < -0.39 is 41.6 Å². The van der Waals surface area contributed by atoms with Gasteiger partial charge in [-0.1, -0.05) is 24.3 Å². The molecule has 0 radical (unpaired) electrons. The quantitative estimate of drug-likeness (QED) is 0.103. The van der Waals surface area contributed by atoms with Gasteiger partial charge in [0.1, 0.15) is 23.0 Å². The summed E-state index contributed by atoms with van der Waals surface area (Å²) < 4.78 is 103. The van der Waals surface area contributed by atoms with Gasteiger partial charge in [0.2, 0.25) is 0 Å². The standard InChI is InChI=1S/2C26H26F3NO4.CH2O3.2Cs/c2*1-17-15-21(9-6-19(17)7-11-25(31)32)33-14-12-18(2)34-24-10-8-20(26(27,28)29)16-22(24)23-5-3-4-13-30-23;2-1(3)4;;/h2*3-6,8-10,13,15-16,18H,7,11-12,14H2,1-2H3,(H,31,32);(H2,2,3,4);;/q;;;2*+1/p-2. The Labute approximate surface area is 542 Å². The zero-order chi connectivity index (χ0) is 53.0.